The van der Waals surface area contributed by atoms with Gasteiger partial charge in [-0.1, -0.05) is 6.42 Å². The number of ether oxygens (including phenoxy) is 1. The molecule has 2 rings (SSSR count). The zero-order valence-electron chi connectivity index (χ0n) is 9.83. The highest BCUT2D eigenvalue weighted by Crippen LogP contribution is 2.39. The van der Waals surface area contributed by atoms with Gasteiger partial charge in [0.1, 0.15) is 5.54 Å². The second kappa shape index (κ2) is 4.44. The van der Waals surface area contributed by atoms with E-state index in [0.717, 1.165) is 32.1 Å². The lowest BCUT2D eigenvalue weighted by Gasteiger charge is -2.39. The number of Topliss-reactive ketones (excluding diaryl/α,β-unsaturated/α-hetero) is 1. The molecule has 0 unspecified atom stereocenters. The fraction of sp³-hybridized carbons (Fsp3) is 0.833. The summed E-state index contributed by atoms with van der Waals surface area (Å²) >= 11 is 0. The van der Waals surface area contributed by atoms with Gasteiger partial charge in [-0.3, -0.25) is 9.69 Å². The molecule has 0 aromatic carbocycles. The average molecular weight is 225 g/mol. The lowest BCUT2D eigenvalue weighted by atomic mass is 9.79. The topological polar surface area (TPSA) is 46.6 Å². The van der Waals surface area contributed by atoms with Crippen LogP contribution in [0.3, 0.4) is 0 Å². The third kappa shape index (κ3) is 1.70. The van der Waals surface area contributed by atoms with Crippen molar-refractivity contribution in [1.29, 1.82) is 0 Å². The van der Waals surface area contributed by atoms with Crippen molar-refractivity contribution >= 4 is 11.9 Å². The van der Waals surface area contributed by atoms with Crippen LogP contribution in [0.1, 0.15) is 45.4 Å². The van der Waals surface area contributed by atoms with E-state index in [9.17, 15) is 9.59 Å². The number of carbonyl (C=O) groups excluding carboxylic acids is 2. The van der Waals surface area contributed by atoms with E-state index >= 15 is 0 Å². The summed E-state index contributed by atoms with van der Waals surface area (Å²) in [6, 6.07) is 0. The molecule has 1 aliphatic heterocycles. The minimum Gasteiger partial charge on any atom is -0.450 e. The molecule has 1 aliphatic carbocycles. The molecule has 0 N–H and O–H groups in total. The molecule has 1 amide bonds. The quantitative estimate of drug-likeness (QED) is 0.686. The van der Waals surface area contributed by atoms with Crippen LogP contribution in [0.15, 0.2) is 0 Å². The Morgan fingerprint density at radius 1 is 1.38 bits per heavy atom. The SMILES string of the molecule is CCOC(=O)N1CCC[C@@]12CCCCC2=O. The molecule has 1 saturated carbocycles. The first-order valence-corrected chi connectivity index (χ1v) is 6.18. The highest BCUT2D eigenvalue weighted by molar-refractivity contribution is 5.92. The van der Waals surface area contributed by atoms with E-state index in [4.69, 9.17) is 4.74 Å². The van der Waals surface area contributed by atoms with Crippen LogP contribution in [0, 0.1) is 0 Å². The van der Waals surface area contributed by atoms with Crippen LogP contribution in [-0.4, -0.2) is 35.5 Å². The predicted octanol–water partition coefficient (Wildman–Crippen LogP) is 2.12. The van der Waals surface area contributed by atoms with Gasteiger partial charge in [-0.25, -0.2) is 4.79 Å². The molecule has 0 aromatic heterocycles. The number of likely N-dealkylation sites (tertiary alicyclic amines) is 1. The average Bonchev–Trinajstić information content (AvgIpc) is 2.68. The Bertz CT molecular complexity index is 303. The Morgan fingerprint density at radius 3 is 2.81 bits per heavy atom. The van der Waals surface area contributed by atoms with Gasteiger partial charge in [0.2, 0.25) is 0 Å². The monoisotopic (exact) mass is 225 g/mol. The van der Waals surface area contributed by atoms with Crippen LogP contribution in [0.25, 0.3) is 0 Å². The van der Waals surface area contributed by atoms with Gasteiger partial charge in [0.05, 0.1) is 6.61 Å². The number of carbonyl (C=O) groups is 2. The van der Waals surface area contributed by atoms with E-state index in [0.29, 0.717) is 19.6 Å². The lowest BCUT2D eigenvalue weighted by Crippen LogP contribution is -2.54. The van der Waals surface area contributed by atoms with Gasteiger partial charge in [-0.15, -0.1) is 0 Å². The number of ketones is 1. The predicted molar refractivity (Wildman–Crippen MR) is 59.2 cm³/mol. The summed E-state index contributed by atoms with van der Waals surface area (Å²) < 4.78 is 5.04. The minimum atomic E-state index is -0.509. The molecule has 0 radical (unpaired) electrons. The van der Waals surface area contributed by atoms with Crippen LogP contribution < -0.4 is 0 Å². The zero-order valence-corrected chi connectivity index (χ0v) is 9.83. The molecule has 2 fully saturated rings. The summed E-state index contributed by atoms with van der Waals surface area (Å²) in [7, 11) is 0. The van der Waals surface area contributed by atoms with Crippen molar-refractivity contribution in [3.8, 4) is 0 Å². The molecular weight excluding hydrogens is 206 g/mol. The molecular formula is C12H19NO3. The first kappa shape index (κ1) is 11.4. The standard InChI is InChI=1S/C12H19NO3/c1-2-16-11(15)13-9-5-8-12(13)7-4-3-6-10(12)14/h2-9H2,1H3/t12-/m1/s1. The lowest BCUT2D eigenvalue weighted by molar-refractivity contribution is -0.131. The van der Waals surface area contributed by atoms with E-state index in [-0.39, 0.29) is 11.9 Å². The van der Waals surface area contributed by atoms with Gasteiger partial charge >= 0.3 is 6.09 Å². The van der Waals surface area contributed by atoms with Crippen LogP contribution in [0.4, 0.5) is 4.79 Å². The highest BCUT2D eigenvalue weighted by Gasteiger charge is 2.50. The number of amides is 1. The van der Waals surface area contributed by atoms with E-state index in [1.54, 1.807) is 11.8 Å². The fourth-order valence-corrected chi connectivity index (χ4v) is 2.97. The third-order valence-electron chi connectivity index (χ3n) is 3.74. The molecule has 1 atom stereocenters. The number of rotatable bonds is 1. The maximum Gasteiger partial charge on any atom is 0.410 e. The molecule has 1 heterocycles. The smallest absolute Gasteiger partial charge is 0.410 e. The summed E-state index contributed by atoms with van der Waals surface area (Å²) in [5.41, 5.74) is -0.509. The van der Waals surface area contributed by atoms with Crippen LogP contribution in [0.5, 0.6) is 0 Å². The van der Waals surface area contributed by atoms with Crippen LogP contribution in [-0.2, 0) is 9.53 Å². The molecule has 4 nitrogen and oxygen atoms in total. The van der Waals surface area contributed by atoms with Crippen molar-refractivity contribution in [2.45, 2.75) is 51.0 Å². The zero-order chi connectivity index (χ0) is 11.6. The van der Waals surface area contributed by atoms with Crippen LogP contribution >= 0.6 is 0 Å². The highest BCUT2D eigenvalue weighted by atomic mass is 16.6. The van der Waals surface area contributed by atoms with Gasteiger partial charge in [-0.2, -0.15) is 0 Å². The molecule has 4 heteroatoms. The normalized spacial score (nSPS) is 29.8. The summed E-state index contributed by atoms with van der Waals surface area (Å²) in [6.45, 7) is 2.84. The van der Waals surface area contributed by atoms with Gasteiger partial charge in [0, 0.05) is 13.0 Å². The summed E-state index contributed by atoms with van der Waals surface area (Å²) in [5.74, 6) is 0.240. The Labute approximate surface area is 95.9 Å². The fourth-order valence-electron chi connectivity index (χ4n) is 2.97. The maximum atomic E-state index is 12.1. The van der Waals surface area contributed by atoms with E-state index in [1.807, 2.05) is 0 Å². The Hall–Kier alpha value is -1.06. The van der Waals surface area contributed by atoms with Gasteiger partial charge in [-0.05, 0) is 32.6 Å². The van der Waals surface area contributed by atoms with Gasteiger partial charge < -0.3 is 4.74 Å². The number of hydrogen-bond acceptors (Lipinski definition) is 3. The van der Waals surface area contributed by atoms with Gasteiger partial charge in [0.25, 0.3) is 0 Å². The second-order valence-corrected chi connectivity index (χ2v) is 4.62. The van der Waals surface area contributed by atoms with Crippen molar-refractivity contribution in [2.75, 3.05) is 13.2 Å². The van der Waals surface area contributed by atoms with Crippen molar-refractivity contribution in [3.63, 3.8) is 0 Å². The van der Waals surface area contributed by atoms with Crippen molar-refractivity contribution in [1.82, 2.24) is 4.90 Å². The Morgan fingerprint density at radius 2 is 2.12 bits per heavy atom. The maximum absolute atomic E-state index is 12.1. The van der Waals surface area contributed by atoms with Crippen molar-refractivity contribution in [2.24, 2.45) is 0 Å². The first-order valence-electron chi connectivity index (χ1n) is 6.18. The Balaban J connectivity index is 2.17. The van der Waals surface area contributed by atoms with Crippen LogP contribution in [0.2, 0.25) is 0 Å². The summed E-state index contributed by atoms with van der Waals surface area (Å²) in [5, 5.41) is 0. The second-order valence-electron chi connectivity index (χ2n) is 4.62. The Kier molecular flexibility index (Phi) is 3.17. The first-order chi connectivity index (χ1) is 7.70. The molecule has 0 bridgehead atoms. The van der Waals surface area contributed by atoms with Crippen molar-refractivity contribution < 1.29 is 14.3 Å². The number of nitrogens with zero attached hydrogens (tertiary/aromatic N) is 1. The molecule has 1 spiro atoms. The molecule has 16 heavy (non-hydrogen) atoms. The molecule has 90 valence electrons. The van der Waals surface area contributed by atoms with E-state index in [2.05, 4.69) is 0 Å². The summed E-state index contributed by atoms with van der Waals surface area (Å²) in [4.78, 5) is 25.6. The van der Waals surface area contributed by atoms with Gasteiger partial charge in [0.15, 0.2) is 5.78 Å². The number of hydrogen-bond donors (Lipinski definition) is 0. The third-order valence-corrected chi connectivity index (χ3v) is 3.74. The molecule has 0 aromatic rings. The summed E-state index contributed by atoms with van der Waals surface area (Å²) in [6.07, 6.45) is 4.89. The van der Waals surface area contributed by atoms with E-state index in [1.165, 1.54) is 0 Å². The molecule has 2 aliphatic rings. The van der Waals surface area contributed by atoms with Crippen molar-refractivity contribution in [3.05, 3.63) is 0 Å². The van der Waals surface area contributed by atoms with E-state index < -0.39 is 5.54 Å². The minimum absolute atomic E-state index is 0.240. The molecule has 1 saturated heterocycles. The largest absolute Gasteiger partial charge is 0.450 e.